The van der Waals surface area contributed by atoms with E-state index in [1.54, 1.807) is 18.2 Å². The van der Waals surface area contributed by atoms with Crippen LogP contribution in [0.15, 0.2) is 53.6 Å². The fourth-order valence-electron chi connectivity index (χ4n) is 2.26. The lowest BCUT2D eigenvalue weighted by Gasteiger charge is -2.02. The third-order valence-electron chi connectivity index (χ3n) is 3.60. The second-order valence-corrected chi connectivity index (χ2v) is 7.98. The molecule has 0 atom stereocenters. The number of carbonyl (C=O) groups is 2. The molecule has 2 amide bonds. The predicted molar refractivity (Wildman–Crippen MR) is 120 cm³/mol. The Kier molecular flexibility index (Phi) is 7.13. The Morgan fingerprint density at radius 1 is 1.20 bits per heavy atom. The van der Waals surface area contributed by atoms with Crippen molar-refractivity contribution in [2.75, 3.05) is 5.32 Å². The van der Waals surface area contributed by atoms with Crippen molar-refractivity contribution in [3.63, 3.8) is 0 Å². The summed E-state index contributed by atoms with van der Waals surface area (Å²) in [6.07, 6.45) is 1.22. The summed E-state index contributed by atoms with van der Waals surface area (Å²) in [5, 5.41) is 25.6. The van der Waals surface area contributed by atoms with Crippen molar-refractivity contribution >= 4 is 62.8 Å². The van der Waals surface area contributed by atoms with Crippen LogP contribution in [0, 0.1) is 13.7 Å². The summed E-state index contributed by atoms with van der Waals surface area (Å²) in [6.45, 7) is 0. The summed E-state index contributed by atoms with van der Waals surface area (Å²) in [7, 11) is 0. The number of amides is 2. The zero-order valence-corrected chi connectivity index (χ0v) is 18.1. The number of non-ortho nitro benzene ring substituents is 1. The lowest BCUT2D eigenvalue weighted by molar-refractivity contribution is -0.384. The molecule has 0 saturated carbocycles. The van der Waals surface area contributed by atoms with E-state index in [1.165, 1.54) is 24.4 Å². The van der Waals surface area contributed by atoms with Gasteiger partial charge in [-0.15, -0.1) is 10.2 Å². The number of nitrogens with one attached hydrogen (secondary N) is 2. The molecule has 1 heterocycles. The van der Waals surface area contributed by atoms with Crippen LogP contribution in [0.3, 0.4) is 0 Å². The van der Waals surface area contributed by atoms with Gasteiger partial charge in [0.2, 0.25) is 11.0 Å². The molecule has 0 saturated heterocycles. The highest BCUT2D eigenvalue weighted by Gasteiger charge is 2.14. The molecular formula is C18H13IN6O4S. The summed E-state index contributed by atoms with van der Waals surface area (Å²) in [4.78, 5) is 34.5. The van der Waals surface area contributed by atoms with Crippen molar-refractivity contribution in [2.24, 2.45) is 5.10 Å². The number of benzene rings is 2. The first-order chi connectivity index (χ1) is 14.4. The molecule has 0 radical (unpaired) electrons. The number of hydrogen-bond donors (Lipinski definition) is 2. The van der Waals surface area contributed by atoms with Gasteiger partial charge in [-0.2, -0.15) is 5.10 Å². The molecular weight excluding hydrogens is 523 g/mol. The summed E-state index contributed by atoms with van der Waals surface area (Å²) in [5.74, 6) is -0.753. The molecule has 2 aromatic carbocycles. The normalized spacial score (nSPS) is 10.7. The molecule has 1 aromatic heterocycles. The number of halogens is 1. The molecule has 0 bridgehead atoms. The van der Waals surface area contributed by atoms with E-state index in [-0.39, 0.29) is 23.1 Å². The molecule has 12 heteroatoms. The Hall–Kier alpha value is -3.26. The minimum atomic E-state index is -0.513. The van der Waals surface area contributed by atoms with E-state index in [0.29, 0.717) is 16.1 Å². The molecule has 0 unspecified atom stereocenters. The number of carbonyl (C=O) groups excluding carboxylic acids is 2. The molecule has 0 fully saturated rings. The van der Waals surface area contributed by atoms with Gasteiger partial charge in [0.15, 0.2) is 0 Å². The highest BCUT2D eigenvalue weighted by Crippen LogP contribution is 2.18. The molecule has 3 aromatic rings. The summed E-state index contributed by atoms with van der Waals surface area (Å²) in [6, 6.07) is 13.0. The highest BCUT2D eigenvalue weighted by atomic mass is 127. The van der Waals surface area contributed by atoms with Gasteiger partial charge >= 0.3 is 0 Å². The highest BCUT2D eigenvalue weighted by molar-refractivity contribution is 14.1. The van der Waals surface area contributed by atoms with E-state index >= 15 is 0 Å². The van der Waals surface area contributed by atoms with Gasteiger partial charge in [0, 0.05) is 21.3 Å². The molecule has 30 heavy (non-hydrogen) atoms. The van der Waals surface area contributed by atoms with Crippen LogP contribution in [0.2, 0.25) is 0 Å². The molecule has 0 spiro atoms. The Morgan fingerprint density at radius 3 is 2.77 bits per heavy atom. The van der Waals surface area contributed by atoms with Crippen LogP contribution in [-0.4, -0.2) is 33.1 Å². The number of aromatic nitrogens is 2. The standard InChI is InChI=1S/C18H13IN6O4S/c19-14-7-2-1-6-13(14)17(27)21-18-24-23-16(30-18)9-15(26)22-20-10-11-4-3-5-12(8-11)25(28)29/h1-8,10H,9H2,(H,22,26)(H,21,24,27)/b20-10-. The zero-order valence-electron chi connectivity index (χ0n) is 15.1. The average molecular weight is 536 g/mol. The maximum atomic E-state index is 12.3. The van der Waals surface area contributed by atoms with Crippen molar-refractivity contribution in [3.05, 3.63) is 78.3 Å². The van der Waals surface area contributed by atoms with E-state index in [4.69, 9.17) is 0 Å². The minimum absolute atomic E-state index is 0.0705. The third-order valence-corrected chi connectivity index (χ3v) is 5.38. The monoisotopic (exact) mass is 536 g/mol. The van der Waals surface area contributed by atoms with E-state index in [0.717, 1.165) is 14.9 Å². The van der Waals surface area contributed by atoms with Gasteiger partial charge in [-0.3, -0.25) is 25.0 Å². The molecule has 0 aliphatic rings. The van der Waals surface area contributed by atoms with Crippen molar-refractivity contribution in [1.29, 1.82) is 0 Å². The van der Waals surface area contributed by atoms with Crippen molar-refractivity contribution in [1.82, 2.24) is 15.6 Å². The number of hydrogen-bond acceptors (Lipinski definition) is 8. The maximum Gasteiger partial charge on any atom is 0.270 e. The van der Waals surface area contributed by atoms with Crippen molar-refractivity contribution < 1.29 is 14.5 Å². The number of anilines is 1. The second kappa shape index (κ2) is 9.98. The van der Waals surface area contributed by atoms with Gasteiger partial charge < -0.3 is 0 Å². The fourth-order valence-corrected chi connectivity index (χ4v) is 3.63. The minimum Gasteiger partial charge on any atom is -0.296 e. The Balaban J connectivity index is 1.53. The fraction of sp³-hybridized carbons (Fsp3) is 0.0556. The Labute approximate surface area is 187 Å². The smallest absolute Gasteiger partial charge is 0.270 e. The lowest BCUT2D eigenvalue weighted by Crippen LogP contribution is -2.19. The quantitative estimate of drug-likeness (QED) is 0.206. The first kappa shape index (κ1) is 21.4. The summed E-state index contributed by atoms with van der Waals surface area (Å²) >= 11 is 3.15. The number of nitro groups is 1. The third kappa shape index (κ3) is 5.87. The van der Waals surface area contributed by atoms with Gasteiger partial charge in [-0.05, 0) is 34.7 Å². The Bertz CT molecular complexity index is 1130. The SMILES string of the molecule is O=C(Cc1nnc(NC(=O)c2ccccc2I)s1)N/N=C\c1cccc([N+](=O)[O-])c1. The zero-order chi connectivity index (χ0) is 21.5. The first-order valence-electron chi connectivity index (χ1n) is 8.37. The molecule has 0 aliphatic carbocycles. The van der Waals surface area contributed by atoms with Gasteiger partial charge in [-0.1, -0.05) is 35.6 Å². The molecule has 2 N–H and O–H groups in total. The van der Waals surface area contributed by atoms with Crippen LogP contribution in [-0.2, 0) is 11.2 Å². The van der Waals surface area contributed by atoms with Gasteiger partial charge in [0.1, 0.15) is 5.01 Å². The van der Waals surface area contributed by atoms with E-state index in [2.05, 4.69) is 48.6 Å². The van der Waals surface area contributed by atoms with Crippen molar-refractivity contribution in [3.8, 4) is 0 Å². The summed E-state index contributed by atoms with van der Waals surface area (Å²) < 4.78 is 0.804. The number of rotatable bonds is 7. The topological polar surface area (TPSA) is 139 Å². The van der Waals surface area contributed by atoms with Crippen LogP contribution in [0.1, 0.15) is 20.9 Å². The van der Waals surface area contributed by atoms with Crippen LogP contribution in [0.25, 0.3) is 0 Å². The van der Waals surface area contributed by atoms with E-state index in [9.17, 15) is 19.7 Å². The van der Waals surface area contributed by atoms with Crippen LogP contribution >= 0.6 is 33.9 Å². The number of hydrazone groups is 1. The van der Waals surface area contributed by atoms with Crippen LogP contribution in [0.4, 0.5) is 10.8 Å². The van der Waals surface area contributed by atoms with Gasteiger partial charge in [0.05, 0.1) is 23.1 Å². The van der Waals surface area contributed by atoms with Crippen LogP contribution < -0.4 is 10.7 Å². The molecule has 10 nitrogen and oxygen atoms in total. The first-order valence-corrected chi connectivity index (χ1v) is 10.3. The second-order valence-electron chi connectivity index (χ2n) is 5.76. The lowest BCUT2D eigenvalue weighted by atomic mass is 10.2. The average Bonchev–Trinajstić information content (AvgIpc) is 3.15. The Morgan fingerprint density at radius 2 is 2.00 bits per heavy atom. The largest absolute Gasteiger partial charge is 0.296 e. The van der Waals surface area contributed by atoms with Gasteiger partial charge in [0.25, 0.3) is 11.6 Å². The van der Waals surface area contributed by atoms with Crippen molar-refractivity contribution in [2.45, 2.75) is 6.42 Å². The maximum absolute atomic E-state index is 12.3. The van der Waals surface area contributed by atoms with Gasteiger partial charge in [-0.25, -0.2) is 5.43 Å². The number of nitro benzene ring substituents is 1. The predicted octanol–water partition coefficient (Wildman–Crippen LogP) is 3.00. The molecule has 152 valence electrons. The van der Waals surface area contributed by atoms with E-state index < -0.39 is 10.8 Å². The van der Waals surface area contributed by atoms with Crippen LogP contribution in [0.5, 0.6) is 0 Å². The summed E-state index contributed by atoms with van der Waals surface area (Å²) in [5.41, 5.74) is 3.24. The molecule has 0 aliphatic heterocycles. The molecule has 3 rings (SSSR count). The number of nitrogens with zero attached hydrogens (tertiary/aromatic N) is 4. The van der Waals surface area contributed by atoms with E-state index in [1.807, 2.05) is 12.1 Å².